The number of anilines is 1. The molecule has 0 N–H and O–H groups in total. The molecule has 0 amide bonds. The first-order chi connectivity index (χ1) is 9.67. The van der Waals surface area contributed by atoms with Crippen LogP contribution in [0.2, 0.25) is 0 Å². The Morgan fingerprint density at radius 2 is 1.70 bits per heavy atom. The van der Waals surface area contributed by atoms with Gasteiger partial charge in [0.15, 0.2) is 0 Å². The smallest absolute Gasteiger partial charge is 0.232 e. The third-order valence-electron chi connectivity index (χ3n) is 3.42. The van der Waals surface area contributed by atoms with Crippen LogP contribution < -0.4 is 14.4 Å². The molecule has 1 aromatic rings. The summed E-state index contributed by atoms with van der Waals surface area (Å²) in [7, 11) is 3.14. The third kappa shape index (κ3) is 3.08. The summed E-state index contributed by atoms with van der Waals surface area (Å²) >= 11 is 0. The summed E-state index contributed by atoms with van der Waals surface area (Å²) < 4.78 is 10.3. The molecule has 0 bridgehead atoms. The fraction of sp³-hybridized carbons (Fsp3) is 0.615. The van der Waals surface area contributed by atoms with Gasteiger partial charge in [-0.1, -0.05) is 0 Å². The van der Waals surface area contributed by atoms with E-state index >= 15 is 0 Å². The predicted molar refractivity (Wildman–Crippen MR) is 74.0 cm³/mol. The van der Waals surface area contributed by atoms with E-state index in [4.69, 9.17) is 14.7 Å². The lowest BCUT2D eigenvalue weighted by Gasteiger charge is -2.35. The Labute approximate surface area is 118 Å². The summed E-state index contributed by atoms with van der Waals surface area (Å²) in [5.41, 5.74) is 0. The molecule has 1 atom stereocenters. The molecular weight excluding hydrogens is 258 g/mol. The van der Waals surface area contributed by atoms with E-state index in [9.17, 15) is 0 Å². The van der Waals surface area contributed by atoms with Gasteiger partial charge in [-0.2, -0.15) is 15.2 Å². The van der Waals surface area contributed by atoms with Crippen LogP contribution in [0.25, 0.3) is 0 Å². The molecule has 1 aliphatic rings. The van der Waals surface area contributed by atoms with Crippen LogP contribution in [0.4, 0.5) is 5.95 Å². The lowest BCUT2D eigenvalue weighted by Crippen LogP contribution is -2.49. The minimum atomic E-state index is -0.0575. The van der Waals surface area contributed by atoms with E-state index in [1.54, 1.807) is 20.3 Å². The molecule has 7 nitrogen and oxygen atoms in total. The maximum atomic E-state index is 8.94. The van der Waals surface area contributed by atoms with E-state index < -0.39 is 0 Å². The molecule has 7 heteroatoms. The Bertz CT molecular complexity index is 472. The van der Waals surface area contributed by atoms with Crippen LogP contribution in [-0.2, 0) is 0 Å². The molecule has 0 spiro atoms. The number of ether oxygens (including phenoxy) is 2. The van der Waals surface area contributed by atoms with Gasteiger partial charge in [0.05, 0.1) is 32.4 Å². The van der Waals surface area contributed by atoms with E-state index in [2.05, 4.69) is 25.8 Å². The molecule has 2 heterocycles. The second-order valence-electron chi connectivity index (χ2n) is 4.58. The molecule has 0 radical (unpaired) electrons. The van der Waals surface area contributed by atoms with Crippen LogP contribution in [0.15, 0.2) is 6.07 Å². The van der Waals surface area contributed by atoms with Crippen LogP contribution >= 0.6 is 0 Å². The molecule has 1 unspecified atom stereocenters. The van der Waals surface area contributed by atoms with Gasteiger partial charge in [-0.15, -0.1) is 0 Å². The maximum Gasteiger partial charge on any atom is 0.232 e. The zero-order valence-electron chi connectivity index (χ0n) is 12.0. The Kier molecular flexibility index (Phi) is 4.58. The van der Waals surface area contributed by atoms with Gasteiger partial charge in [-0.3, -0.25) is 4.90 Å². The number of nitrogens with zero attached hydrogens (tertiary/aromatic N) is 5. The molecule has 0 aromatic carbocycles. The lowest BCUT2D eigenvalue weighted by molar-refractivity contribution is 0.230. The second kappa shape index (κ2) is 6.39. The average molecular weight is 277 g/mol. The first-order valence-corrected chi connectivity index (χ1v) is 6.53. The number of rotatable bonds is 4. The lowest BCUT2D eigenvalue weighted by atomic mass is 10.2. The van der Waals surface area contributed by atoms with E-state index in [1.165, 1.54) is 0 Å². The topological polar surface area (TPSA) is 74.5 Å². The minimum Gasteiger partial charge on any atom is -0.481 e. The summed E-state index contributed by atoms with van der Waals surface area (Å²) in [6.45, 7) is 5.11. The van der Waals surface area contributed by atoms with Gasteiger partial charge in [0.25, 0.3) is 0 Å². The number of hydrogen-bond donors (Lipinski definition) is 0. The SMILES string of the molecule is COc1cc(OC)nc(N2CCN(C(C)C#N)CC2)n1. The molecule has 1 saturated heterocycles. The number of piperazine rings is 1. The molecule has 0 saturated carbocycles. The van der Waals surface area contributed by atoms with Crippen molar-refractivity contribution in [1.29, 1.82) is 5.26 Å². The second-order valence-corrected chi connectivity index (χ2v) is 4.58. The van der Waals surface area contributed by atoms with Crippen molar-refractivity contribution in [3.05, 3.63) is 6.07 Å². The highest BCUT2D eigenvalue weighted by molar-refractivity contribution is 5.37. The summed E-state index contributed by atoms with van der Waals surface area (Å²) in [5.74, 6) is 1.57. The van der Waals surface area contributed by atoms with E-state index in [0.717, 1.165) is 26.2 Å². The maximum absolute atomic E-state index is 8.94. The van der Waals surface area contributed by atoms with Gasteiger partial charge >= 0.3 is 0 Å². The van der Waals surface area contributed by atoms with E-state index in [0.29, 0.717) is 17.7 Å². The van der Waals surface area contributed by atoms with E-state index in [1.807, 2.05) is 6.92 Å². The minimum absolute atomic E-state index is 0.0575. The normalized spacial score (nSPS) is 17.4. The highest BCUT2D eigenvalue weighted by Gasteiger charge is 2.23. The monoisotopic (exact) mass is 277 g/mol. The van der Waals surface area contributed by atoms with E-state index in [-0.39, 0.29) is 6.04 Å². The van der Waals surface area contributed by atoms with Crippen LogP contribution in [0, 0.1) is 11.3 Å². The van der Waals surface area contributed by atoms with Crippen molar-refractivity contribution in [2.75, 3.05) is 45.3 Å². The Morgan fingerprint density at radius 1 is 1.15 bits per heavy atom. The van der Waals surface area contributed by atoms with Crippen LogP contribution in [-0.4, -0.2) is 61.3 Å². The van der Waals surface area contributed by atoms with Crippen LogP contribution in [0.3, 0.4) is 0 Å². The number of hydrogen-bond acceptors (Lipinski definition) is 7. The van der Waals surface area contributed by atoms with Gasteiger partial charge in [0, 0.05) is 26.2 Å². The van der Waals surface area contributed by atoms with Crippen molar-refractivity contribution in [3.8, 4) is 17.8 Å². The quantitative estimate of drug-likeness (QED) is 0.794. The highest BCUT2D eigenvalue weighted by Crippen LogP contribution is 2.21. The van der Waals surface area contributed by atoms with Crippen molar-refractivity contribution in [1.82, 2.24) is 14.9 Å². The van der Waals surface area contributed by atoms with Crippen molar-refractivity contribution >= 4 is 5.95 Å². The first kappa shape index (κ1) is 14.3. The summed E-state index contributed by atoms with van der Waals surface area (Å²) in [6.07, 6.45) is 0. The zero-order chi connectivity index (χ0) is 14.5. The fourth-order valence-corrected chi connectivity index (χ4v) is 2.13. The zero-order valence-corrected chi connectivity index (χ0v) is 12.0. The molecule has 1 fully saturated rings. The van der Waals surface area contributed by atoms with Crippen molar-refractivity contribution in [3.63, 3.8) is 0 Å². The standard InChI is InChI=1S/C13H19N5O2/c1-10(9-14)17-4-6-18(7-5-17)13-15-11(19-2)8-12(16-13)20-3/h8,10H,4-7H2,1-3H3. The Hall–Kier alpha value is -2.07. The van der Waals surface area contributed by atoms with Crippen molar-refractivity contribution in [2.24, 2.45) is 0 Å². The third-order valence-corrected chi connectivity index (χ3v) is 3.42. The molecule has 1 aliphatic heterocycles. The van der Waals surface area contributed by atoms with Crippen LogP contribution in [0.1, 0.15) is 6.92 Å². The highest BCUT2D eigenvalue weighted by atomic mass is 16.5. The summed E-state index contributed by atoms with van der Waals surface area (Å²) in [4.78, 5) is 12.9. The number of methoxy groups -OCH3 is 2. The van der Waals surface area contributed by atoms with Crippen molar-refractivity contribution < 1.29 is 9.47 Å². The molecule has 1 aromatic heterocycles. The molecule has 108 valence electrons. The average Bonchev–Trinajstić information content (AvgIpc) is 2.53. The number of nitriles is 1. The van der Waals surface area contributed by atoms with Gasteiger partial charge in [0.2, 0.25) is 17.7 Å². The van der Waals surface area contributed by atoms with Crippen molar-refractivity contribution in [2.45, 2.75) is 13.0 Å². The summed E-state index contributed by atoms with van der Waals surface area (Å²) in [6, 6.07) is 3.85. The fourth-order valence-electron chi connectivity index (χ4n) is 2.13. The van der Waals surface area contributed by atoms with Gasteiger partial charge in [-0.25, -0.2) is 0 Å². The predicted octanol–water partition coefficient (Wildman–Crippen LogP) is 0.528. The molecular formula is C13H19N5O2. The van der Waals surface area contributed by atoms with Gasteiger partial charge in [-0.05, 0) is 6.92 Å². The summed E-state index contributed by atoms with van der Waals surface area (Å²) in [5, 5.41) is 8.94. The first-order valence-electron chi connectivity index (χ1n) is 6.53. The Balaban J connectivity index is 2.08. The molecule has 2 rings (SSSR count). The Morgan fingerprint density at radius 3 is 2.15 bits per heavy atom. The van der Waals surface area contributed by atoms with Gasteiger partial charge < -0.3 is 14.4 Å². The largest absolute Gasteiger partial charge is 0.481 e. The van der Waals surface area contributed by atoms with Gasteiger partial charge in [0.1, 0.15) is 0 Å². The van der Waals surface area contributed by atoms with Crippen LogP contribution in [0.5, 0.6) is 11.8 Å². The molecule has 20 heavy (non-hydrogen) atoms. The number of aromatic nitrogens is 2. The molecule has 0 aliphatic carbocycles.